The summed E-state index contributed by atoms with van der Waals surface area (Å²) in [5.74, 6) is 1.68. The van der Waals surface area contributed by atoms with Crippen LogP contribution in [-0.2, 0) is 11.8 Å². The third kappa shape index (κ3) is 2.80. The molecule has 1 radical (unpaired) electrons. The van der Waals surface area contributed by atoms with Crippen LogP contribution in [0.15, 0.2) is 12.1 Å². The summed E-state index contributed by atoms with van der Waals surface area (Å²) in [7, 11) is 3.39. The van der Waals surface area contributed by atoms with Gasteiger partial charge in [-0.3, -0.25) is 0 Å². The molecule has 0 heterocycles. The molecule has 0 aliphatic rings. The minimum atomic E-state index is 0.0738. The molecule has 0 saturated heterocycles. The van der Waals surface area contributed by atoms with Crippen LogP contribution in [0, 0.1) is 6.92 Å². The maximum atomic E-state index is 5.60. The van der Waals surface area contributed by atoms with Gasteiger partial charge in [-0.25, -0.2) is 0 Å². The van der Waals surface area contributed by atoms with Gasteiger partial charge in [0.2, 0.25) is 0 Å². The Morgan fingerprint density at radius 2 is 1.83 bits per heavy atom. The second kappa shape index (κ2) is 6.12. The van der Waals surface area contributed by atoms with Crippen molar-refractivity contribution in [3.8, 4) is 11.5 Å². The highest BCUT2D eigenvalue weighted by atomic mass is 16.5. The first-order chi connectivity index (χ1) is 8.51. The molecule has 0 amide bonds. The molecule has 1 aromatic rings. The van der Waals surface area contributed by atoms with Crippen LogP contribution in [0.3, 0.4) is 0 Å². The Hall–Kier alpha value is -1.18. The molecule has 0 aromatic heterocycles. The van der Waals surface area contributed by atoms with Gasteiger partial charge >= 0.3 is 0 Å². The lowest BCUT2D eigenvalue weighted by molar-refractivity contribution is 0.340. The summed E-state index contributed by atoms with van der Waals surface area (Å²) in [5, 5.41) is 0. The first-order valence-electron chi connectivity index (χ1n) is 6.55. The Morgan fingerprint density at radius 3 is 2.28 bits per heavy atom. The molecular formula is C16H25O2. The Kier molecular flexibility index (Phi) is 5.06. The van der Waals surface area contributed by atoms with E-state index in [1.54, 1.807) is 14.2 Å². The van der Waals surface area contributed by atoms with Crippen LogP contribution in [0.5, 0.6) is 11.5 Å². The first-order valence-corrected chi connectivity index (χ1v) is 6.55. The number of benzene rings is 1. The molecule has 2 heteroatoms. The van der Waals surface area contributed by atoms with E-state index in [0.717, 1.165) is 30.8 Å². The average molecular weight is 249 g/mol. The zero-order chi connectivity index (χ0) is 13.8. The quantitative estimate of drug-likeness (QED) is 0.753. The zero-order valence-electron chi connectivity index (χ0n) is 12.3. The van der Waals surface area contributed by atoms with Crippen molar-refractivity contribution < 1.29 is 9.47 Å². The van der Waals surface area contributed by atoms with E-state index in [0.29, 0.717) is 0 Å². The summed E-state index contributed by atoms with van der Waals surface area (Å²) in [4.78, 5) is 0. The van der Waals surface area contributed by atoms with E-state index in [4.69, 9.17) is 9.47 Å². The molecular weight excluding hydrogens is 224 g/mol. The van der Waals surface area contributed by atoms with E-state index in [2.05, 4.69) is 33.8 Å². The fraction of sp³-hybridized carbons (Fsp3) is 0.562. The van der Waals surface area contributed by atoms with E-state index in [1.165, 1.54) is 11.1 Å². The fourth-order valence-electron chi connectivity index (χ4n) is 2.29. The van der Waals surface area contributed by atoms with Crippen molar-refractivity contribution in [3.63, 3.8) is 0 Å². The van der Waals surface area contributed by atoms with E-state index in [9.17, 15) is 0 Å². The standard InChI is InChI=1S/C16H25O2/c1-7-9-12-10-11-13(17-5)15(18-6)14(12)16(3,4)8-2/h10-11H,1,7-9H2,2-6H3. The van der Waals surface area contributed by atoms with Crippen molar-refractivity contribution >= 4 is 0 Å². The lowest BCUT2D eigenvalue weighted by Gasteiger charge is -2.29. The van der Waals surface area contributed by atoms with Crippen molar-refractivity contribution in [2.75, 3.05) is 14.2 Å². The van der Waals surface area contributed by atoms with E-state index >= 15 is 0 Å². The number of rotatable bonds is 6. The van der Waals surface area contributed by atoms with Gasteiger partial charge in [0.05, 0.1) is 14.2 Å². The minimum absolute atomic E-state index is 0.0738. The van der Waals surface area contributed by atoms with Gasteiger partial charge in [0, 0.05) is 5.56 Å². The summed E-state index contributed by atoms with van der Waals surface area (Å²) < 4.78 is 11.0. The second-order valence-corrected chi connectivity index (χ2v) is 5.18. The molecule has 0 fully saturated rings. The molecule has 0 spiro atoms. The van der Waals surface area contributed by atoms with Crippen LogP contribution in [-0.4, -0.2) is 14.2 Å². The van der Waals surface area contributed by atoms with Crippen LogP contribution in [0.25, 0.3) is 0 Å². The van der Waals surface area contributed by atoms with Crippen molar-refractivity contribution in [1.29, 1.82) is 0 Å². The lowest BCUT2D eigenvalue weighted by Crippen LogP contribution is -2.19. The maximum absolute atomic E-state index is 5.60. The highest BCUT2D eigenvalue weighted by Crippen LogP contribution is 2.42. The Labute approximate surface area is 111 Å². The largest absolute Gasteiger partial charge is 0.493 e. The number of aryl methyl sites for hydroxylation is 1. The molecule has 0 unspecified atom stereocenters. The molecule has 0 aliphatic heterocycles. The molecule has 0 aliphatic carbocycles. The van der Waals surface area contributed by atoms with E-state index in [-0.39, 0.29) is 5.41 Å². The van der Waals surface area contributed by atoms with Gasteiger partial charge in [-0.05, 0) is 36.3 Å². The molecule has 0 saturated carbocycles. The maximum Gasteiger partial charge on any atom is 0.164 e. The molecule has 101 valence electrons. The predicted molar refractivity (Wildman–Crippen MR) is 76.5 cm³/mol. The number of hydrogen-bond acceptors (Lipinski definition) is 2. The van der Waals surface area contributed by atoms with Crippen molar-refractivity contribution in [3.05, 3.63) is 30.2 Å². The van der Waals surface area contributed by atoms with E-state index < -0.39 is 0 Å². The lowest BCUT2D eigenvalue weighted by atomic mass is 9.78. The van der Waals surface area contributed by atoms with Crippen LogP contribution < -0.4 is 9.47 Å². The summed E-state index contributed by atoms with van der Waals surface area (Å²) in [6.07, 6.45) is 2.92. The Bertz CT molecular complexity index is 394. The average Bonchev–Trinajstić information content (AvgIpc) is 2.38. The molecule has 2 nitrogen and oxygen atoms in total. The van der Waals surface area contributed by atoms with Crippen molar-refractivity contribution in [2.45, 2.75) is 45.4 Å². The zero-order valence-corrected chi connectivity index (χ0v) is 12.3. The normalized spacial score (nSPS) is 11.4. The van der Waals surface area contributed by atoms with Crippen LogP contribution in [0.1, 0.15) is 44.7 Å². The predicted octanol–water partition coefficient (Wildman–Crippen LogP) is 4.16. The van der Waals surface area contributed by atoms with Crippen LogP contribution in [0.4, 0.5) is 0 Å². The first kappa shape index (κ1) is 14.9. The Morgan fingerprint density at radius 1 is 1.17 bits per heavy atom. The van der Waals surface area contributed by atoms with Crippen LogP contribution in [0.2, 0.25) is 0 Å². The molecule has 0 N–H and O–H groups in total. The highest BCUT2D eigenvalue weighted by molar-refractivity contribution is 5.54. The highest BCUT2D eigenvalue weighted by Gasteiger charge is 2.27. The van der Waals surface area contributed by atoms with Gasteiger partial charge in [0.25, 0.3) is 0 Å². The summed E-state index contributed by atoms with van der Waals surface area (Å²) >= 11 is 0. The third-order valence-corrected chi connectivity index (χ3v) is 3.64. The smallest absolute Gasteiger partial charge is 0.164 e. The molecule has 1 rings (SSSR count). The SMILES string of the molecule is [CH2]CCc1ccc(OC)c(OC)c1C(C)(C)CC. The van der Waals surface area contributed by atoms with E-state index in [1.807, 2.05) is 6.07 Å². The summed E-state index contributed by atoms with van der Waals surface area (Å²) in [5.41, 5.74) is 2.65. The fourth-order valence-corrected chi connectivity index (χ4v) is 2.29. The molecule has 18 heavy (non-hydrogen) atoms. The van der Waals surface area contributed by atoms with Crippen molar-refractivity contribution in [1.82, 2.24) is 0 Å². The van der Waals surface area contributed by atoms with Gasteiger partial charge in [0.1, 0.15) is 0 Å². The molecule has 0 bridgehead atoms. The minimum Gasteiger partial charge on any atom is -0.493 e. The molecule has 0 atom stereocenters. The second-order valence-electron chi connectivity index (χ2n) is 5.18. The van der Waals surface area contributed by atoms with Gasteiger partial charge in [-0.2, -0.15) is 0 Å². The summed E-state index contributed by atoms with van der Waals surface area (Å²) in [6, 6.07) is 4.12. The van der Waals surface area contributed by atoms with Crippen LogP contribution >= 0.6 is 0 Å². The number of ether oxygens (including phenoxy) is 2. The van der Waals surface area contributed by atoms with Gasteiger partial charge in [-0.15, -0.1) is 0 Å². The summed E-state index contributed by atoms with van der Waals surface area (Å²) in [6.45, 7) is 10.7. The van der Waals surface area contributed by atoms with Gasteiger partial charge in [0.15, 0.2) is 11.5 Å². The van der Waals surface area contributed by atoms with Gasteiger partial charge < -0.3 is 9.47 Å². The monoisotopic (exact) mass is 249 g/mol. The van der Waals surface area contributed by atoms with Gasteiger partial charge in [-0.1, -0.05) is 33.8 Å². The number of hydrogen-bond donors (Lipinski definition) is 0. The molecule has 1 aromatic carbocycles. The topological polar surface area (TPSA) is 18.5 Å². The number of methoxy groups -OCH3 is 2. The Balaban J connectivity index is 3.48. The van der Waals surface area contributed by atoms with Crippen molar-refractivity contribution in [2.24, 2.45) is 0 Å². The third-order valence-electron chi connectivity index (χ3n) is 3.64.